The molecule has 1 aromatic carbocycles. The standard InChI is InChI=1S/C16H29NO2.C14H15NO5/c1-12-14(13-8-6-5-7-9-13)10-11-17(12)15(18)19-16(2,3)4;1-9(18-2)7-19-14(17)13-6-10-5-11(15-8-16)3-4-12(10)20-13/h12-14H,5-11H2,1-4H3;3-6,8-9H,7H2,1-2H3,(H,15,16). The first-order valence-corrected chi connectivity index (χ1v) is 14.0. The van der Waals surface area contributed by atoms with Gasteiger partial charge in [-0.25, -0.2) is 9.59 Å². The number of anilines is 1. The Bertz CT molecular complexity index is 1100. The number of fused-ring (bicyclic) bond motifs is 1. The number of amides is 2. The van der Waals surface area contributed by atoms with E-state index in [4.69, 9.17) is 18.6 Å². The molecule has 2 aliphatic rings. The average Bonchev–Trinajstić information content (AvgIpc) is 3.50. The molecule has 2 fully saturated rings. The summed E-state index contributed by atoms with van der Waals surface area (Å²) in [5.74, 6) is 1.09. The summed E-state index contributed by atoms with van der Waals surface area (Å²) in [4.78, 5) is 36.3. The second-order valence-corrected chi connectivity index (χ2v) is 11.5. The summed E-state index contributed by atoms with van der Waals surface area (Å²) in [7, 11) is 1.54. The van der Waals surface area contributed by atoms with Crippen LogP contribution >= 0.6 is 0 Å². The van der Waals surface area contributed by atoms with E-state index in [1.165, 1.54) is 32.1 Å². The van der Waals surface area contributed by atoms with Crippen LogP contribution in [0.25, 0.3) is 11.0 Å². The van der Waals surface area contributed by atoms with Crippen LogP contribution in [0.3, 0.4) is 0 Å². The van der Waals surface area contributed by atoms with Crippen LogP contribution < -0.4 is 5.32 Å². The number of esters is 1. The second-order valence-electron chi connectivity index (χ2n) is 11.5. The zero-order valence-corrected chi connectivity index (χ0v) is 24.2. The minimum atomic E-state index is -0.546. The van der Waals surface area contributed by atoms with Gasteiger partial charge < -0.3 is 28.8 Å². The van der Waals surface area contributed by atoms with Crippen molar-refractivity contribution >= 4 is 35.1 Å². The molecule has 0 bridgehead atoms. The number of rotatable bonds is 7. The molecule has 39 heavy (non-hydrogen) atoms. The van der Waals surface area contributed by atoms with E-state index >= 15 is 0 Å². The number of carbonyl (C=O) groups is 3. The third-order valence-electron chi connectivity index (χ3n) is 7.49. The molecule has 0 radical (unpaired) electrons. The lowest BCUT2D eigenvalue weighted by Crippen LogP contribution is -2.41. The predicted octanol–water partition coefficient (Wildman–Crippen LogP) is 6.41. The van der Waals surface area contributed by atoms with Gasteiger partial charge in [0.2, 0.25) is 12.2 Å². The Balaban J connectivity index is 0.000000216. The van der Waals surface area contributed by atoms with Gasteiger partial charge >= 0.3 is 12.1 Å². The Kier molecular flexibility index (Phi) is 10.8. The summed E-state index contributed by atoms with van der Waals surface area (Å²) in [5, 5.41) is 3.24. The molecule has 9 nitrogen and oxygen atoms in total. The number of nitrogens with one attached hydrogen (secondary N) is 1. The highest BCUT2D eigenvalue weighted by Gasteiger charge is 2.40. The minimum absolute atomic E-state index is 0.117. The van der Waals surface area contributed by atoms with Gasteiger partial charge in [-0.15, -0.1) is 0 Å². The highest BCUT2D eigenvalue weighted by molar-refractivity contribution is 5.94. The molecular weight excluding hydrogens is 500 g/mol. The summed E-state index contributed by atoms with van der Waals surface area (Å²) in [6.45, 7) is 10.8. The van der Waals surface area contributed by atoms with E-state index in [-0.39, 0.29) is 30.2 Å². The van der Waals surface area contributed by atoms with E-state index < -0.39 is 5.97 Å². The number of methoxy groups -OCH3 is 1. The van der Waals surface area contributed by atoms with Crippen molar-refractivity contribution in [2.24, 2.45) is 11.8 Å². The summed E-state index contributed by atoms with van der Waals surface area (Å²) in [6, 6.07) is 6.99. The zero-order chi connectivity index (χ0) is 28.6. The molecule has 1 saturated heterocycles. The molecule has 9 heteroatoms. The van der Waals surface area contributed by atoms with E-state index in [1.807, 2.05) is 25.7 Å². The number of likely N-dealkylation sites (tertiary alicyclic amines) is 1. The summed E-state index contributed by atoms with van der Waals surface area (Å²) in [6.07, 6.45) is 8.31. The van der Waals surface area contributed by atoms with Crippen LogP contribution in [0.1, 0.15) is 83.7 Å². The maximum atomic E-state index is 12.2. The summed E-state index contributed by atoms with van der Waals surface area (Å²) >= 11 is 0. The molecule has 1 aliphatic heterocycles. The van der Waals surface area contributed by atoms with Crippen molar-refractivity contribution in [1.29, 1.82) is 0 Å². The number of ether oxygens (including phenoxy) is 3. The van der Waals surface area contributed by atoms with Crippen LogP contribution in [0.2, 0.25) is 0 Å². The van der Waals surface area contributed by atoms with Gasteiger partial charge in [0.1, 0.15) is 17.8 Å². The lowest BCUT2D eigenvalue weighted by atomic mass is 9.77. The highest BCUT2D eigenvalue weighted by Crippen LogP contribution is 2.39. The van der Waals surface area contributed by atoms with E-state index in [0.29, 0.717) is 35.0 Å². The van der Waals surface area contributed by atoms with Crippen molar-refractivity contribution in [3.8, 4) is 0 Å². The number of hydrogen-bond donors (Lipinski definition) is 1. The van der Waals surface area contributed by atoms with Crippen molar-refractivity contribution in [3.63, 3.8) is 0 Å². The van der Waals surface area contributed by atoms with Gasteiger partial charge in [-0.2, -0.15) is 0 Å². The van der Waals surface area contributed by atoms with Gasteiger partial charge in [-0.1, -0.05) is 32.1 Å². The molecule has 3 atom stereocenters. The molecule has 2 heterocycles. The molecule has 1 N–H and O–H groups in total. The Morgan fingerprint density at radius 3 is 2.51 bits per heavy atom. The van der Waals surface area contributed by atoms with Gasteiger partial charge in [0.25, 0.3) is 0 Å². The maximum Gasteiger partial charge on any atom is 0.410 e. The normalized spacial score (nSPS) is 20.6. The van der Waals surface area contributed by atoms with Crippen LogP contribution in [0.15, 0.2) is 28.7 Å². The zero-order valence-electron chi connectivity index (χ0n) is 24.2. The molecule has 1 saturated carbocycles. The molecular formula is C30H44N2O7. The highest BCUT2D eigenvalue weighted by atomic mass is 16.6. The first-order chi connectivity index (χ1) is 18.5. The van der Waals surface area contributed by atoms with Crippen molar-refractivity contribution in [3.05, 3.63) is 30.0 Å². The molecule has 216 valence electrons. The fraction of sp³-hybridized carbons (Fsp3) is 0.633. The van der Waals surface area contributed by atoms with Crippen LogP contribution in [0.4, 0.5) is 10.5 Å². The first-order valence-electron chi connectivity index (χ1n) is 14.0. The predicted molar refractivity (Wildman–Crippen MR) is 150 cm³/mol. The second kappa shape index (κ2) is 13.8. The van der Waals surface area contributed by atoms with Crippen molar-refractivity contribution in [2.45, 2.75) is 90.9 Å². The molecule has 0 spiro atoms. The minimum Gasteiger partial charge on any atom is -0.457 e. The number of furan rings is 1. The number of benzene rings is 1. The van der Waals surface area contributed by atoms with Crippen LogP contribution in [-0.2, 0) is 19.0 Å². The fourth-order valence-electron chi connectivity index (χ4n) is 5.37. The summed E-state index contributed by atoms with van der Waals surface area (Å²) in [5.41, 5.74) is 0.786. The smallest absolute Gasteiger partial charge is 0.410 e. The van der Waals surface area contributed by atoms with Gasteiger partial charge in [0.15, 0.2) is 0 Å². The molecule has 1 aliphatic carbocycles. The van der Waals surface area contributed by atoms with E-state index in [0.717, 1.165) is 18.9 Å². The van der Waals surface area contributed by atoms with Crippen molar-refractivity contribution in [1.82, 2.24) is 4.90 Å². The Morgan fingerprint density at radius 2 is 1.87 bits per heavy atom. The molecule has 3 unspecified atom stereocenters. The largest absolute Gasteiger partial charge is 0.457 e. The van der Waals surface area contributed by atoms with E-state index in [1.54, 1.807) is 38.3 Å². The Morgan fingerprint density at radius 1 is 1.15 bits per heavy atom. The lowest BCUT2D eigenvalue weighted by Gasteiger charge is -2.33. The Hall–Kier alpha value is -3.07. The summed E-state index contributed by atoms with van der Waals surface area (Å²) < 4.78 is 21.0. The Labute approximate surface area is 231 Å². The van der Waals surface area contributed by atoms with Crippen molar-refractivity contribution in [2.75, 3.05) is 25.6 Å². The molecule has 2 amide bonds. The SMILES string of the molecule is CC1C(C2CCCCC2)CCN1C(=O)OC(C)(C)C.COC(C)COC(=O)c1cc2cc(NC=O)ccc2o1. The lowest BCUT2D eigenvalue weighted by molar-refractivity contribution is -0.105. The molecule has 4 rings (SSSR count). The van der Waals surface area contributed by atoms with E-state index in [2.05, 4.69) is 12.2 Å². The number of hydrogen-bond acceptors (Lipinski definition) is 7. The average molecular weight is 545 g/mol. The number of carbonyl (C=O) groups excluding carboxylic acids is 3. The molecule has 2 aromatic rings. The fourth-order valence-corrected chi connectivity index (χ4v) is 5.37. The third-order valence-corrected chi connectivity index (χ3v) is 7.49. The van der Waals surface area contributed by atoms with Gasteiger partial charge in [-0.3, -0.25) is 4.79 Å². The maximum absolute atomic E-state index is 12.2. The van der Waals surface area contributed by atoms with Gasteiger partial charge in [0.05, 0.1) is 6.10 Å². The first kappa shape index (κ1) is 30.5. The topological polar surface area (TPSA) is 107 Å². The number of nitrogens with zero attached hydrogens (tertiary/aromatic N) is 1. The monoisotopic (exact) mass is 544 g/mol. The third kappa shape index (κ3) is 8.71. The van der Waals surface area contributed by atoms with Crippen LogP contribution in [0, 0.1) is 11.8 Å². The van der Waals surface area contributed by atoms with Gasteiger partial charge in [0, 0.05) is 30.8 Å². The van der Waals surface area contributed by atoms with E-state index in [9.17, 15) is 14.4 Å². The van der Waals surface area contributed by atoms with Gasteiger partial charge in [-0.05, 0) is 77.1 Å². The van der Waals surface area contributed by atoms with Crippen molar-refractivity contribution < 1.29 is 33.0 Å². The van der Waals surface area contributed by atoms with Crippen LogP contribution in [0.5, 0.6) is 0 Å². The molecule has 1 aromatic heterocycles. The van der Waals surface area contributed by atoms with Crippen LogP contribution in [-0.4, -0.2) is 61.4 Å². The quantitative estimate of drug-likeness (QED) is 0.317.